The molecule has 3 nitrogen and oxygen atoms in total. The first-order valence-corrected chi connectivity index (χ1v) is 5.55. The molecule has 4 heteroatoms. The van der Waals surface area contributed by atoms with Gasteiger partial charge in [-0.05, 0) is 6.07 Å². The molecular formula is C12H13ClN2O. The predicted molar refractivity (Wildman–Crippen MR) is 67.0 cm³/mol. The van der Waals surface area contributed by atoms with E-state index in [1.54, 1.807) is 11.9 Å². The molecule has 0 saturated heterocycles. The van der Waals surface area contributed by atoms with Crippen LogP contribution in [-0.2, 0) is 11.8 Å². The fraction of sp³-hybridized carbons (Fsp3) is 0.250. The molecule has 0 aliphatic rings. The number of carbonyl (C=O) groups excluding carboxylic acids is 1. The van der Waals surface area contributed by atoms with Crippen LogP contribution in [0, 0.1) is 0 Å². The van der Waals surface area contributed by atoms with Crippen LogP contribution < -0.4 is 4.90 Å². The van der Waals surface area contributed by atoms with E-state index in [2.05, 4.69) is 0 Å². The second-order valence-electron chi connectivity index (χ2n) is 3.73. The predicted octanol–water partition coefficient (Wildman–Crippen LogP) is 2.38. The van der Waals surface area contributed by atoms with Gasteiger partial charge >= 0.3 is 0 Å². The van der Waals surface area contributed by atoms with E-state index in [0.717, 1.165) is 16.6 Å². The van der Waals surface area contributed by atoms with Gasteiger partial charge in [-0.2, -0.15) is 0 Å². The van der Waals surface area contributed by atoms with Crippen molar-refractivity contribution in [2.45, 2.75) is 0 Å². The van der Waals surface area contributed by atoms with E-state index in [1.165, 1.54) is 0 Å². The standard InChI is InChI=1S/C12H13ClN2O/c1-14-8-11(15(2)12(16)7-13)9-5-3-4-6-10(9)14/h3-6,8H,7H2,1-2H3. The molecule has 0 atom stereocenters. The third-order valence-electron chi connectivity index (χ3n) is 2.73. The Balaban J connectivity index is 2.57. The van der Waals surface area contributed by atoms with E-state index in [-0.39, 0.29) is 11.8 Å². The highest BCUT2D eigenvalue weighted by atomic mass is 35.5. The molecule has 2 rings (SSSR count). The van der Waals surface area contributed by atoms with Gasteiger partial charge in [-0.3, -0.25) is 4.79 Å². The topological polar surface area (TPSA) is 25.2 Å². The third-order valence-corrected chi connectivity index (χ3v) is 2.95. The van der Waals surface area contributed by atoms with E-state index in [9.17, 15) is 4.79 Å². The summed E-state index contributed by atoms with van der Waals surface area (Å²) in [5.74, 6) is -0.0993. The van der Waals surface area contributed by atoms with E-state index in [1.807, 2.05) is 42.1 Å². The van der Waals surface area contributed by atoms with Crippen LogP contribution in [0.15, 0.2) is 30.5 Å². The molecule has 1 aromatic carbocycles. The highest BCUT2D eigenvalue weighted by Crippen LogP contribution is 2.27. The zero-order chi connectivity index (χ0) is 11.7. The van der Waals surface area contributed by atoms with Crippen molar-refractivity contribution in [2.24, 2.45) is 7.05 Å². The number of aryl methyl sites for hydroxylation is 1. The molecule has 1 aromatic heterocycles. The second kappa shape index (κ2) is 4.18. The van der Waals surface area contributed by atoms with Gasteiger partial charge in [-0.15, -0.1) is 11.6 Å². The lowest BCUT2D eigenvalue weighted by Crippen LogP contribution is -2.26. The summed E-state index contributed by atoms with van der Waals surface area (Å²) in [4.78, 5) is 13.1. The van der Waals surface area contributed by atoms with Crippen molar-refractivity contribution in [2.75, 3.05) is 17.8 Å². The fourth-order valence-corrected chi connectivity index (χ4v) is 1.99. The Kier molecular flexibility index (Phi) is 2.88. The van der Waals surface area contributed by atoms with E-state index < -0.39 is 0 Å². The van der Waals surface area contributed by atoms with E-state index >= 15 is 0 Å². The van der Waals surface area contributed by atoms with Crippen LogP contribution in [0.25, 0.3) is 10.9 Å². The number of amides is 1. The monoisotopic (exact) mass is 236 g/mol. The summed E-state index contributed by atoms with van der Waals surface area (Å²) in [7, 11) is 3.71. The number of benzene rings is 1. The lowest BCUT2D eigenvalue weighted by Gasteiger charge is -2.14. The smallest absolute Gasteiger partial charge is 0.241 e. The Morgan fingerprint density at radius 1 is 1.44 bits per heavy atom. The average molecular weight is 237 g/mol. The van der Waals surface area contributed by atoms with Gasteiger partial charge in [0, 0.05) is 31.2 Å². The number of carbonyl (C=O) groups is 1. The molecule has 0 radical (unpaired) electrons. The van der Waals surface area contributed by atoms with Crippen molar-refractivity contribution in [3.8, 4) is 0 Å². The lowest BCUT2D eigenvalue weighted by atomic mass is 10.2. The summed E-state index contributed by atoms with van der Waals surface area (Å²) in [5.41, 5.74) is 2.00. The van der Waals surface area contributed by atoms with Crippen LogP contribution in [0.1, 0.15) is 0 Å². The van der Waals surface area contributed by atoms with Crippen molar-refractivity contribution in [3.63, 3.8) is 0 Å². The quantitative estimate of drug-likeness (QED) is 0.735. The largest absolute Gasteiger partial charge is 0.348 e. The van der Waals surface area contributed by atoms with Crippen molar-refractivity contribution in [1.82, 2.24) is 4.57 Å². The number of rotatable bonds is 2. The SMILES string of the molecule is CN(C(=O)CCl)c1cn(C)c2ccccc12. The van der Waals surface area contributed by atoms with Crippen LogP contribution in [0.2, 0.25) is 0 Å². The molecule has 0 unspecified atom stereocenters. The van der Waals surface area contributed by atoms with Gasteiger partial charge in [-0.1, -0.05) is 18.2 Å². The molecule has 1 heterocycles. The van der Waals surface area contributed by atoms with Crippen LogP contribution >= 0.6 is 11.6 Å². The Hall–Kier alpha value is -1.48. The Bertz CT molecular complexity index is 533. The van der Waals surface area contributed by atoms with Crippen LogP contribution in [0.4, 0.5) is 5.69 Å². The van der Waals surface area contributed by atoms with Gasteiger partial charge in [0.05, 0.1) is 5.69 Å². The van der Waals surface area contributed by atoms with Crippen LogP contribution in [0.5, 0.6) is 0 Å². The molecule has 1 amide bonds. The number of nitrogens with zero attached hydrogens (tertiary/aromatic N) is 2. The van der Waals surface area contributed by atoms with Crippen molar-refractivity contribution in [1.29, 1.82) is 0 Å². The van der Waals surface area contributed by atoms with Crippen molar-refractivity contribution < 1.29 is 4.79 Å². The minimum atomic E-state index is -0.0991. The van der Waals surface area contributed by atoms with Gasteiger partial charge in [-0.25, -0.2) is 0 Å². The van der Waals surface area contributed by atoms with E-state index in [0.29, 0.717) is 0 Å². The maximum Gasteiger partial charge on any atom is 0.241 e. The third kappa shape index (κ3) is 1.67. The first-order chi connectivity index (χ1) is 7.65. The number of hydrogen-bond donors (Lipinski definition) is 0. The molecule has 2 aromatic rings. The molecular weight excluding hydrogens is 224 g/mol. The summed E-state index contributed by atoms with van der Waals surface area (Å²) in [5, 5.41) is 1.06. The van der Waals surface area contributed by atoms with Gasteiger partial charge in [0.25, 0.3) is 0 Å². The second-order valence-corrected chi connectivity index (χ2v) is 4.00. The summed E-state index contributed by atoms with van der Waals surface area (Å²) < 4.78 is 2.00. The molecule has 84 valence electrons. The van der Waals surface area contributed by atoms with Gasteiger partial charge in [0.1, 0.15) is 5.88 Å². The Morgan fingerprint density at radius 3 is 2.81 bits per heavy atom. The summed E-state index contributed by atoms with van der Waals surface area (Å²) >= 11 is 5.56. The number of fused-ring (bicyclic) bond motifs is 1. The van der Waals surface area contributed by atoms with Gasteiger partial charge in [0.2, 0.25) is 5.91 Å². The number of para-hydroxylation sites is 1. The highest BCUT2D eigenvalue weighted by Gasteiger charge is 2.14. The number of hydrogen-bond acceptors (Lipinski definition) is 1. The maximum atomic E-state index is 11.5. The first kappa shape index (κ1) is 11.0. The van der Waals surface area contributed by atoms with E-state index in [4.69, 9.17) is 11.6 Å². The molecule has 0 aliphatic heterocycles. The molecule has 0 spiro atoms. The summed E-state index contributed by atoms with van der Waals surface area (Å²) in [6.07, 6.45) is 1.94. The van der Waals surface area contributed by atoms with Crippen LogP contribution in [0.3, 0.4) is 0 Å². The minimum absolute atomic E-state index is 0.000277. The summed E-state index contributed by atoms with van der Waals surface area (Å²) in [6.45, 7) is 0. The maximum absolute atomic E-state index is 11.5. The number of alkyl halides is 1. The molecule has 0 saturated carbocycles. The zero-order valence-corrected chi connectivity index (χ0v) is 10.0. The number of aromatic nitrogens is 1. The normalized spacial score (nSPS) is 10.7. The first-order valence-electron chi connectivity index (χ1n) is 5.01. The minimum Gasteiger partial charge on any atom is -0.348 e. The van der Waals surface area contributed by atoms with Gasteiger partial charge < -0.3 is 9.47 Å². The molecule has 0 N–H and O–H groups in total. The highest BCUT2D eigenvalue weighted by molar-refractivity contribution is 6.29. The zero-order valence-electron chi connectivity index (χ0n) is 9.27. The van der Waals surface area contributed by atoms with Crippen LogP contribution in [-0.4, -0.2) is 23.4 Å². The molecule has 0 fully saturated rings. The van der Waals surface area contributed by atoms with Crippen molar-refractivity contribution in [3.05, 3.63) is 30.5 Å². The van der Waals surface area contributed by atoms with Gasteiger partial charge in [0.15, 0.2) is 0 Å². The van der Waals surface area contributed by atoms with Crippen molar-refractivity contribution >= 4 is 34.1 Å². The molecule has 0 aliphatic carbocycles. The lowest BCUT2D eigenvalue weighted by molar-refractivity contribution is -0.116. The fourth-order valence-electron chi connectivity index (χ4n) is 1.81. The average Bonchev–Trinajstić information content (AvgIpc) is 2.65. The Labute approximate surface area is 99.2 Å². The number of anilines is 1. The molecule has 16 heavy (non-hydrogen) atoms. The summed E-state index contributed by atoms with van der Waals surface area (Å²) in [6, 6.07) is 7.97. The Morgan fingerprint density at radius 2 is 2.12 bits per heavy atom. The number of halogens is 1. The molecule has 0 bridgehead atoms.